The van der Waals surface area contributed by atoms with Gasteiger partial charge in [-0.2, -0.15) is 15.0 Å². The molecule has 1 aromatic heterocycles. The smallest absolute Gasteiger partial charge is 0.0971 e. The van der Waals surface area contributed by atoms with E-state index in [-0.39, 0.29) is 12.4 Å². The number of benzene rings is 1. The van der Waals surface area contributed by atoms with Gasteiger partial charge in [0.25, 0.3) is 0 Å². The Kier molecular flexibility index (Phi) is 4.47. The molecule has 0 spiro atoms. The van der Waals surface area contributed by atoms with Crippen molar-refractivity contribution in [3.8, 4) is 5.69 Å². The summed E-state index contributed by atoms with van der Waals surface area (Å²) in [5, 5.41) is 8.96. The zero-order valence-corrected chi connectivity index (χ0v) is 13.3. The van der Waals surface area contributed by atoms with Crippen LogP contribution in [-0.4, -0.2) is 39.0 Å². The first kappa shape index (κ1) is 15.5. The summed E-state index contributed by atoms with van der Waals surface area (Å²) in [5.41, 5.74) is 8.24. The molecule has 1 aliphatic heterocycles. The second-order valence-electron chi connectivity index (χ2n) is 6.32. The van der Waals surface area contributed by atoms with Gasteiger partial charge in [0.1, 0.15) is 0 Å². The number of halogens is 1. The maximum absolute atomic E-state index is 6.20. The number of aromatic nitrogens is 3. The lowest BCUT2D eigenvalue weighted by Gasteiger charge is -2.16. The molecule has 2 aliphatic rings. The van der Waals surface area contributed by atoms with Crippen LogP contribution in [0.4, 0.5) is 0 Å². The molecule has 2 aromatic rings. The summed E-state index contributed by atoms with van der Waals surface area (Å²) in [5.74, 6) is 1.48. The van der Waals surface area contributed by atoms with E-state index in [1.165, 1.54) is 12.8 Å². The average molecular weight is 320 g/mol. The van der Waals surface area contributed by atoms with Crippen molar-refractivity contribution < 1.29 is 0 Å². The van der Waals surface area contributed by atoms with E-state index in [2.05, 4.69) is 15.1 Å². The maximum Gasteiger partial charge on any atom is 0.0971 e. The van der Waals surface area contributed by atoms with Crippen LogP contribution in [0.5, 0.6) is 0 Å². The fourth-order valence-corrected chi connectivity index (χ4v) is 3.81. The number of fused-ring (bicyclic) bond motifs is 1. The second kappa shape index (κ2) is 6.36. The average Bonchev–Trinajstić information content (AvgIpc) is 3.19. The predicted octanol–water partition coefficient (Wildman–Crippen LogP) is 1.86. The van der Waals surface area contributed by atoms with Gasteiger partial charge in [-0.25, -0.2) is 0 Å². The summed E-state index contributed by atoms with van der Waals surface area (Å²) in [6, 6.07) is 10.4. The van der Waals surface area contributed by atoms with Gasteiger partial charge in [-0.1, -0.05) is 18.2 Å². The summed E-state index contributed by atoms with van der Waals surface area (Å²) in [7, 11) is 0. The minimum atomic E-state index is 0. The molecule has 5 nitrogen and oxygen atoms in total. The van der Waals surface area contributed by atoms with Crippen LogP contribution in [0, 0.1) is 11.8 Å². The second-order valence-corrected chi connectivity index (χ2v) is 6.32. The Morgan fingerprint density at radius 3 is 2.73 bits per heavy atom. The number of likely N-dealkylation sites (tertiary alicyclic amines) is 1. The molecule has 3 atom stereocenters. The van der Waals surface area contributed by atoms with E-state index in [0.717, 1.165) is 36.9 Å². The van der Waals surface area contributed by atoms with Gasteiger partial charge in [0.05, 0.1) is 17.6 Å². The van der Waals surface area contributed by atoms with Gasteiger partial charge in [-0.05, 0) is 36.8 Å². The van der Waals surface area contributed by atoms with Gasteiger partial charge in [0.15, 0.2) is 0 Å². The third kappa shape index (κ3) is 2.89. The quantitative estimate of drug-likeness (QED) is 0.938. The molecule has 4 rings (SSSR count). The molecule has 6 heteroatoms. The monoisotopic (exact) mass is 319 g/mol. The van der Waals surface area contributed by atoms with Crippen molar-refractivity contribution in [1.82, 2.24) is 19.9 Å². The number of nitrogens with two attached hydrogens (primary N) is 1. The van der Waals surface area contributed by atoms with Gasteiger partial charge in [-0.15, -0.1) is 12.4 Å². The molecule has 22 heavy (non-hydrogen) atoms. The molecule has 2 heterocycles. The van der Waals surface area contributed by atoms with Crippen LogP contribution in [0.15, 0.2) is 36.5 Å². The molecule has 0 radical (unpaired) electrons. The molecule has 0 amide bonds. The zero-order chi connectivity index (χ0) is 14.2. The van der Waals surface area contributed by atoms with E-state index in [1.807, 2.05) is 36.5 Å². The van der Waals surface area contributed by atoms with Crippen LogP contribution in [0.1, 0.15) is 18.5 Å². The Labute approximate surface area is 136 Å². The highest BCUT2D eigenvalue weighted by Gasteiger charge is 2.40. The summed E-state index contributed by atoms with van der Waals surface area (Å²) < 4.78 is 0. The fourth-order valence-electron chi connectivity index (χ4n) is 3.81. The zero-order valence-electron chi connectivity index (χ0n) is 12.5. The van der Waals surface area contributed by atoms with Gasteiger partial charge in [0, 0.05) is 25.7 Å². The van der Waals surface area contributed by atoms with Crippen molar-refractivity contribution in [1.29, 1.82) is 0 Å². The van der Waals surface area contributed by atoms with E-state index in [4.69, 9.17) is 5.73 Å². The summed E-state index contributed by atoms with van der Waals surface area (Å²) in [4.78, 5) is 4.19. The highest BCUT2D eigenvalue weighted by molar-refractivity contribution is 5.85. The number of para-hydroxylation sites is 1. The van der Waals surface area contributed by atoms with E-state index in [9.17, 15) is 0 Å². The topological polar surface area (TPSA) is 60.0 Å². The molecule has 118 valence electrons. The van der Waals surface area contributed by atoms with E-state index in [0.29, 0.717) is 12.0 Å². The lowest BCUT2D eigenvalue weighted by Crippen LogP contribution is -2.30. The Morgan fingerprint density at radius 2 is 1.95 bits per heavy atom. The normalized spacial score (nSPS) is 27.6. The molecule has 1 aromatic carbocycles. The van der Waals surface area contributed by atoms with Crippen LogP contribution in [0.25, 0.3) is 5.69 Å². The maximum atomic E-state index is 6.20. The van der Waals surface area contributed by atoms with Crippen molar-refractivity contribution in [2.45, 2.75) is 25.4 Å². The van der Waals surface area contributed by atoms with Gasteiger partial charge in [-0.3, -0.25) is 4.90 Å². The van der Waals surface area contributed by atoms with Crippen LogP contribution in [0.3, 0.4) is 0 Å². The van der Waals surface area contributed by atoms with Crippen molar-refractivity contribution in [2.24, 2.45) is 17.6 Å². The van der Waals surface area contributed by atoms with Crippen molar-refractivity contribution in [3.05, 3.63) is 42.2 Å². The Bertz CT molecular complexity index is 614. The Hall–Kier alpha value is -1.43. The first-order chi connectivity index (χ1) is 10.3. The summed E-state index contributed by atoms with van der Waals surface area (Å²) in [6.07, 6.45) is 4.37. The molecule has 1 saturated heterocycles. The first-order valence-electron chi connectivity index (χ1n) is 7.74. The van der Waals surface area contributed by atoms with Gasteiger partial charge >= 0.3 is 0 Å². The third-order valence-corrected chi connectivity index (χ3v) is 4.90. The molecule has 2 fully saturated rings. The Morgan fingerprint density at radius 1 is 1.14 bits per heavy atom. The molecule has 3 unspecified atom stereocenters. The van der Waals surface area contributed by atoms with Gasteiger partial charge < -0.3 is 5.73 Å². The number of nitrogens with zero attached hydrogens (tertiary/aromatic N) is 4. The molecule has 0 bridgehead atoms. The van der Waals surface area contributed by atoms with Crippen LogP contribution in [-0.2, 0) is 6.54 Å². The van der Waals surface area contributed by atoms with Crippen molar-refractivity contribution in [3.63, 3.8) is 0 Å². The third-order valence-electron chi connectivity index (χ3n) is 4.90. The van der Waals surface area contributed by atoms with E-state index < -0.39 is 0 Å². The highest BCUT2D eigenvalue weighted by atomic mass is 35.5. The lowest BCUT2D eigenvalue weighted by atomic mass is 9.98. The number of rotatable bonds is 3. The van der Waals surface area contributed by atoms with Crippen LogP contribution >= 0.6 is 12.4 Å². The standard InChI is InChI=1S/C16H21N5.ClH/c17-16-7-6-12-9-20(11-15(12)16)10-13-8-18-21(19-13)14-4-2-1-3-5-14;/h1-5,8,12,15-16H,6-7,9-11,17H2;1H. The molecule has 1 aliphatic carbocycles. The SMILES string of the molecule is Cl.NC1CCC2CN(Cc3cnn(-c4ccccc4)n3)CC12. The fraction of sp³-hybridized carbons (Fsp3) is 0.500. The molecule has 2 N–H and O–H groups in total. The van der Waals surface area contributed by atoms with Crippen molar-refractivity contribution >= 4 is 12.4 Å². The molecule has 1 saturated carbocycles. The number of hydrogen-bond donors (Lipinski definition) is 1. The summed E-state index contributed by atoms with van der Waals surface area (Å²) in [6.45, 7) is 3.16. The molecular weight excluding hydrogens is 298 g/mol. The predicted molar refractivity (Wildman–Crippen MR) is 88.1 cm³/mol. The minimum Gasteiger partial charge on any atom is -0.327 e. The summed E-state index contributed by atoms with van der Waals surface area (Å²) >= 11 is 0. The van der Waals surface area contributed by atoms with Crippen LogP contribution in [0.2, 0.25) is 0 Å². The number of hydrogen-bond acceptors (Lipinski definition) is 4. The van der Waals surface area contributed by atoms with E-state index in [1.54, 1.807) is 4.80 Å². The lowest BCUT2D eigenvalue weighted by molar-refractivity contribution is 0.294. The van der Waals surface area contributed by atoms with Crippen molar-refractivity contribution in [2.75, 3.05) is 13.1 Å². The molecular formula is C16H22ClN5. The van der Waals surface area contributed by atoms with E-state index >= 15 is 0 Å². The largest absolute Gasteiger partial charge is 0.327 e. The minimum absolute atomic E-state index is 0. The Balaban J connectivity index is 0.00000144. The first-order valence-corrected chi connectivity index (χ1v) is 7.74. The van der Waals surface area contributed by atoms with Crippen LogP contribution < -0.4 is 5.73 Å². The highest BCUT2D eigenvalue weighted by Crippen LogP contribution is 2.37. The van der Waals surface area contributed by atoms with Gasteiger partial charge in [0.2, 0.25) is 0 Å².